The lowest BCUT2D eigenvalue weighted by atomic mass is 10.1. The molecule has 0 bridgehead atoms. The van der Waals surface area contributed by atoms with Gasteiger partial charge in [-0.15, -0.1) is 0 Å². The highest BCUT2D eigenvalue weighted by atomic mass is 19.4. The van der Waals surface area contributed by atoms with Crippen LogP contribution in [-0.2, 0) is 12.7 Å². The monoisotopic (exact) mass is 434 g/mol. The maximum absolute atomic E-state index is 12.9. The number of piperazine rings is 1. The molecule has 1 saturated heterocycles. The van der Waals surface area contributed by atoms with Crippen molar-refractivity contribution in [3.63, 3.8) is 0 Å². The average molecular weight is 435 g/mol. The Bertz CT molecular complexity index is 906. The molecule has 0 saturated carbocycles. The molecule has 0 atom stereocenters. The Kier molecular flexibility index (Phi) is 7.23. The summed E-state index contributed by atoms with van der Waals surface area (Å²) in [4.78, 5) is 17.4. The maximum atomic E-state index is 12.9. The zero-order chi connectivity index (χ0) is 22.6. The standard InChI is InChI=1S/C23H29F3N4O/c1-16(2)27-21-13-17(7-8-18(21)15-30-11-9-29(3)10-12-30)22(31)28-20-6-4-5-19(14-20)23(24,25)26/h4-8,13-14,16,27H,9-12,15H2,1-3H3,(H,28,31). The fourth-order valence-corrected chi connectivity index (χ4v) is 3.52. The third-order valence-electron chi connectivity index (χ3n) is 5.25. The molecule has 0 unspecified atom stereocenters. The van der Waals surface area contributed by atoms with Crippen molar-refractivity contribution in [3.05, 3.63) is 59.2 Å². The zero-order valence-electron chi connectivity index (χ0n) is 18.1. The van der Waals surface area contributed by atoms with Gasteiger partial charge in [-0.25, -0.2) is 0 Å². The number of halogens is 3. The summed E-state index contributed by atoms with van der Waals surface area (Å²) in [6.45, 7) is 8.82. The van der Waals surface area contributed by atoms with Crippen LogP contribution in [0.2, 0.25) is 0 Å². The quantitative estimate of drug-likeness (QED) is 0.702. The first-order valence-corrected chi connectivity index (χ1v) is 10.4. The second-order valence-electron chi connectivity index (χ2n) is 8.28. The Morgan fingerprint density at radius 1 is 1.06 bits per heavy atom. The number of carbonyl (C=O) groups is 1. The molecule has 3 rings (SSSR count). The molecule has 8 heteroatoms. The minimum atomic E-state index is -4.46. The molecular weight excluding hydrogens is 405 g/mol. The second-order valence-corrected chi connectivity index (χ2v) is 8.28. The minimum absolute atomic E-state index is 0.111. The first-order valence-electron chi connectivity index (χ1n) is 10.4. The Hall–Kier alpha value is -2.58. The van der Waals surface area contributed by atoms with Crippen LogP contribution >= 0.6 is 0 Å². The van der Waals surface area contributed by atoms with Crippen LogP contribution in [-0.4, -0.2) is 55.0 Å². The van der Waals surface area contributed by atoms with Gasteiger partial charge in [0.05, 0.1) is 5.56 Å². The lowest BCUT2D eigenvalue weighted by Gasteiger charge is -2.33. The molecule has 2 aromatic carbocycles. The van der Waals surface area contributed by atoms with Crippen LogP contribution in [0.15, 0.2) is 42.5 Å². The Morgan fingerprint density at radius 2 is 1.77 bits per heavy atom. The van der Waals surface area contributed by atoms with Gasteiger partial charge in [-0.1, -0.05) is 12.1 Å². The van der Waals surface area contributed by atoms with Crippen molar-refractivity contribution < 1.29 is 18.0 Å². The van der Waals surface area contributed by atoms with E-state index in [1.54, 1.807) is 12.1 Å². The third-order valence-corrected chi connectivity index (χ3v) is 5.25. The summed E-state index contributed by atoms with van der Waals surface area (Å²) in [7, 11) is 2.11. The van der Waals surface area contributed by atoms with Gasteiger partial charge in [-0.05, 0) is 56.8 Å². The molecule has 168 valence electrons. The lowest BCUT2D eigenvalue weighted by Crippen LogP contribution is -2.44. The van der Waals surface area contributed by atoms with Gasteiger partial charge in [0.2, 0.25) is 0 Å². The summed E-state index contributed by atoms with van der Waals surface area (Å²) in [5.74, 6) is -0.447. The maximum Gasteiger partial charge on any atom is 0.416 e. The number of alkyl halides is 3. The molecule has 1 aliphatic heterocycles. The third kappa shape index (κ3) is 6.45. The number of hydrogen-bond donors (Lipinski definition) is 2. The Morgan fingerprint density at radius 3 is 2.42 bits per heavy atom. The fraction of sp³-hybridized carbons (Fsp3) is 0.435. The summed E-state index contributed by atoms with van der Waals surface area (Å²) in [5, 5.41) is 5.97. The number of anilines is 2. The van der Waals surface area contributed by atoms with Crippen LogP contribution in [0.5, 0.6) is 0 Å². The fourth-order valence-electron chi connectivity index (χ4n) is 3.52. The molecular formula is C23H29F3N4O. The number of nitrogens with zero attached hydrogens (tertiary/aromatic N) is 2. The van der Waals surface area contributed by atoms with E-state index in [9.17, 15) is 18.0 Å². The number of amides is 1. The number of rotatable bonds is 6. The van der Waals surface area contributed by atoms with E-state index in [1.165, 1.54) is 12.1 Å². The van der Waals surface area contributed by atoms with Crippen molar-refractivity contribution in [2.75, 3.05) is 43.9 Å². The normalized spacial score (nSPS) is 15.8. The average Bonchev–Trinajstić information content (AvgIpc) is 2.70. The molecule has 5 nitrogen and oxygen atoms in total. The van der Waals surface area contributed by atoms with Gasteiger partial charge in [0, 0.05) is 55.7 Å². The first-order chi connectivity index (χ1) is 14.6. The van der Waals surface area contributed by atoms with Crippen LogP contribution in [0.25, 0.3) is 0 Å². The number of hydrogen-bond acceptors (Lipinski definition) is 4. The summed E-state index contributed by atoms with van der Waals surface area (Å²) in [6, 6.07) is 10.2. The largest absolute Gasteiger partial charge is 0.416 e. The molecule has 2 N–H and O–H groups in total. The molecule has 31 heavy (non-hydrogen) atoms. The molecule has 0 aromatic heterocycles. The summed E-state index contributed by atoms with van der Waals surface area (Å²) in [5.41, 5.74) is 1.66. The predicted octanol–water partition coefficient (Wildman–Crippen LogP) is 4.53. The van der Waals surface area contributed by atoms with E-state index in [1.807, 2.05) is 19.9 Å². The van der Waals surface area contributed by atoms with Crippen LogP contribution in [0.1, 0.15) is 35.3 Å². The van der Waals surface area contributed by atoms with Crippen molar-refractivity contribution in [2.45, 2.75) is 32.6 Å². The van der Waals surface area contributed by atoms with E-state index in [0.29, 0.717) is 5.56 Å². The van der Waals surface area contributed by atoms with E-state index in [-0.39, 0.29) is 11.7 Å². The SMILES string of the molecule is CC(C)Nc1cc(C(=O)Nc2cccc(C(F)(F)F)c2)ccc1CN1CCN(C)CC1. The molecule has 0 aliphatic carbocycles. The molecule has 1 heterocycles. The van der Waals surface area contributed by atoms with Gasteiger partial charge >= 0.3 is 6.18 Å². The van der Waals surface area contributed by atoms with Crippen molar-refractivity contribution in [1.29, 1.82) is 0 Å². The highest BCUT2D eigenvalue weighted by molar-refractivity contribution is 6.05. The smallest absolute Gasteiger partial charge is 0.383 e. The second kappa shape index (κ2) is 9.70. The Balaban J connectivity index is 1.77. The number of likely N-dealkylation sites (N-methyl/N-ethyl adjacent to an activating group) is 1. The summed E-state index contributed by atoms with van der Waals surface area (Å²) in [6.07, 6.45) is -4.46. The van der Waals surface area contributed by atoms with E-state index in [4.69, 9.17) is 0 Å². The number of benzene rings is 2. The van der Waals surface area contributed by atoms with Gasteiger partial charge in [0.1, 0.15) is 0 Å². The van der Waals surface area contributed by atoms with Gasteiger partial charge in [0.25, 0.3) is 5.91 Å². The van der Waals surface area contributed by atoms with E-state index < -0.39 is 17.6 Å². The predicted molar refractivity (Wildman–Crippen MR) is 117 cm³/mol. The van der Waals surface area contributed by atoms with E-state index in [2.05, 4.69) is 27.5 Å². The highest BCUT2D eigenvalue weighted by Gasteiger charge is 2.30. The summed E-state index contributed by atoms with van der Waals surface area (Å²) < 4.78 is 38.8. The van der Waals surface area contributed by atoms with E-state index >= 15 is 0 Å². The molecule has 1 aliphatic rings. The lowest BCUT2D eigenvalue weighted by molar-refractivity contribution is -0.137. The molecule has 1 amide bonds. The van der Waals surface area contributed by atoms with Crippen LogP contribution < -0.4 is 10.6 Å². The summed E-state index contributed by atoms with van der Waals surface area (Å²) >= 11 is 0. The van der Waals surface area contributed by atoms with Crippen LogP contribution in [0, 0.1) is 0 Å². The van der Waals surface area contributed by atoms with Crippen LogP contribution in [0.4, 0.5) is 24.5 Å². The van der Waals surface area contributed by atoms with Crippen molar-refractivity contribution in [3.8, 4) is 0 Å². The molecule has 0 radical (unpaired) electrons. The Labute approximate surface area is 181 Å². The van der Waals surface area contributed by atoms with Crippen LogP contribution in [0.3, 0.4) is 0 Å². The molecule has 1 fully saturated rings. The van der Waals surface area contributed by atoms with Crippen molar-refractivity contribution in [1.82, 2.24) is 9.80 Å². The van der Waals surface area contributed by atoms with Crippen molar-refractivity contribution >= 4 is 17.3 Å². The molecule has 0 spiro atoms. The zero-order valence-corrected chi connectivity index (χ0v) is 18.1. The van der Waals surface area contributed by atoms with Crippen molar-refractivity contribution in [2.24, 2.45) is 0 Å². The number of nitrogens with one attached hydrogen (secondary N) is 2. The first kappa shape index (κ1) is 23.1. The highest BCUT2D eigenvalue weighted by Crippen LogP contribution is 2.31. The van der Waals surface area contributed by atoms with Gasteiger partial charge in [-0.2, -0.15) is 13.2 Å². The van der Waals surface area contributed by atoms with E-state index in [0.717, 1.165) is 56.1 Å². The number of carbonyl (C=O) groups excluding carboxylic acids is 1. The van der Waals surface area contributed by atoms with Gasteiger partial charge in [-0.3, -0.25) is 9.69 Å². The topological polar surface area (TPSA) is 47.6 Å². The van der Waals surface area contributed by atoms with Gasteiger partial charge < -0.3 is 15.5 Å². The van der Waals surface area contributed by atoms with Gasteiger partial charge in [0.15, 0.2) is 0 Å². The molecule has 2 aromatic rings. The minimum Gasteiger partial charge on any atom is -0.383 e.